The summed E-state index contributed by atoms with van der Waals surface area (Å²) in [5, 5.41) is 0. The molecule has 0 heterocycles. The predicted molar refractivity (Wildman–Crippen MR) is 114 cm³/mol. The van der Waals surface area contributed by atoms with Crippen LogP contribution in [0, 0.1) is 35.0 Å². The van der Waals surface area contributed by atoms with Crippen molar-refractivity contribution in [1.29, 1.82) is 0 Å². The molecular formula is C25H36O6. The van der Waals surface area contributed by atoms with Gasteiger partial charge in [0, 0.05) is 0 Å². The average Bonchev–Trinajstić information content (AvgIpc) is 3.38. The van der Waals surface area contributed by atoms with E-state index in [2.05, 4.69) is 12.2 Å². The lowest BCUT2D eigenvalue weighted by molar-refractivity contribution is -0.192. The van der Waals surface area contributed by atoms with Gasteiger partial charge >= 0.3 is 17.9 Å². The van der Waals surface area contributed by atoms with Crippen molar-refractivity contribution in [3.05, 3.63) is 12.2 Å². The van der Waals surface area contributed by atoms with Gasteiger partial charge in [-0.25, -0.2) is 0 Å². The fourth-order valence-corrected chi connectivity index (χ4v) is 6.04. The van der Waals surface area contributed by atoms with Crippen LogP contribution in [-0.2, 0) is 28.6 Å². The van der Waals surface area contributed by atoms with E-state index in [1.165, 1.54) is 0 Å². The van der Waals surface area contributed by atoms with Gasteiger partial charge in [-0.1, -0.05) is 12.2 Å². The molecule has 0 N–H and O–H groups in total. The van der Waals surface area contributed by atoms with Gasteiger partial charge in [0.25, 0.3) is 0 Å². The lowest BCUT2D eigenvalue weighted by atomic mass is 9.72. The second kappa shape index (κ2) is 7.35. The molecule has 3 fully saturated rings. The molecule has 0 aromatic carbocycles. The monoisotopic (exact) mass is 432 g/mol. The Balaban J connectivity index is 1.48. The summed E-state index contributed by atoms with van der Waals surface area (Å²) in [5.74, 6) is -0.629. The molecule has 6 atom stereocenters. The topological polar surface area (TPSA) is 78.9 Å². The van der Waals surface area contributed by atoms with Crippen LogP contribution in [0.2, 0.25) is 0 Å². The van der Waals surface area contributed by atoms with E-state index >= 15 is 0 Å². The molecule has 31 heavy (non-hydrogen) atoms. The first-order valence-corrected chi connectivity index (χ1v) is 11.6. The first-order valence-electron chi connectivity index (χ1n) is 11.6. The third kappa shape index (κ3) is 4.14. The van der Waals surface area contributed by atoms with E-state index in [0.717, 1.165) is 12.8 Å². The van der Waals surface area contributed by atoms with E-state index in [1.807, 2.05) is 0 Å². The van der Waals surface area contributed by atoms with Crippen LogP contribution in [0.25, 0.3) is 0 Å². The van der Waals surface area contributed by atoms with Crippen LogP contribution in [0.1, 0.15) is 73.6 Å². The number of hydrogen-bond acceptors (Lipinski definition) is 6. The lowest BCUT2D eigenvalue weighted by Gasteiger charge is -2.39. The molecule has 0 saturated heterocycles. The molecule has 4 aliphatic rings. The number of carbonyl (C=O) groups is 3. The summed E-state index contributed by atoms with van der Waals surface area (Å²) in [6.45, 7) is 10.8. The minimum atomic E-state index is -1.32. The zero-order chi connectivity index (χ0) is 22.8. The maximum atomic E-state index is 13.3. The SMILES string of the molecule is CC(C)(C)OC(=O)C1(C(=O)OC(C)(C)C)CC2CC1CC2OC(=O)C1CC2C=CC1C2. The van der Waals surface area contributed by atoms with Crippen molar-refractivity contribution in [1.82, 2.24) is 0 Å². The smallest absolute Gasteiger partial charge is 0.324 e. The molecule has 4 aliphatic carbocycles. The summed E-state index contributed by atoms with van der Waals surface area (Å²) in [5.41, 5.74) is -2.71. The summed E-state index contributed by atoms with van der Waals surface area (Å²) in [6, 6.07) is 0. The largest absolute Gasteiger partial charge is 0.462 e. The van der Waals surface area contributed by atoms with Crippen molar-refractivity contribution in [3.63, 3.8) is 0 Å². The minimum absolute atomic E-state index is 0.0249. The van der Waals surface area contributed by atoms with E-state index < -0.39 is 28.6 Å². The molecule has 0 spiro atoms. The van der Waals surface area contributed by atoms with Gasteiger partial charge < -0.3 is 14.2 Å². The predicted octanol–water partition coefficient (Wildman–Crippen LogP) is 4.21. The molecule has 4 bridgehead atoms. The molecule has 0 aromatic heterocycles. The lowest BCUT2D eigenvalue weighted by Crippen LogP contribution is -2.51. The highest BCUT2D eigenvalue weighted by Crippen LogP contribution is 2.59. The molecule has 6 unspecified atom stereocenters. The van der Waals surface area contributed by atoms with Crippen LogP contribution in [0.3, 0.4) is 0 Å². The number of carbonyl (C=O) groups excluding carboxylic acids is 3. The zero-order valence-electron chi connectivity index (χ0n) is 19.6. The molecule has 0 aliphatic heterocycles. The highest BCUT2D eigenvalue weighted by molar-refractivity contribution is 6.01. The van der Waals surface area contributed by atoms with Crippen LogP contribution in [0.4, 0.5) is 0 Å². The number of esters is 3. The van der Waals surface area contributed by atoms with Gasteiger partial charge in [0.1, 0.15) is 17.3 Å². The van der Waals surface area contributed by atoms with Crippen molar-refractivity contribution < 1.29 is 28.6 Å². The normalized spacial score (nSPS) is 35.3. The van der Waals surface area contributed by atoms with Crippen LogP contribution in [-0.4, -0.2) is 35.2 Å². The van der Waals surface area contributed by atoms with E-state index in [0.29, 0.717) is 31.1 Å². The first kappa shape index (κ1) is 22.3. The Morgan fingerprint density at radius 2 is 1.45 bits per heavy atom. The molecule has 4 rings (SSSR count). The van der Waals surface area contributed by atoms with Crippen molar-refractivity contribution in [2.45, 2.75) is 91.0 Å². The van der Waals surface area contributed by atoms with Gasteiger partial charge in [-0.15, -0.1) is 0 Å². The standard InChI is InChI=1S/C25H36O6/c1-23(2,3)30-21(27)25(22(28)31-24(4,5)6)13-16-11-17(25)12-19(16)29-20(26)18-10-14-7-8-15(18)9-14/h7-8,14-19H,9-13H2,1-6H3. The minimum Gasteiger partial charge on any atom is -0.462 e. The fourth-order valence-electron chi connectivity index (χ4n) is 6.04. The van der Waals surface area contributed by atoms with Gasteiger partial charge in [0.15, 0.2) is 5.41 Å². The van der Waals surface area contributed by atoms with E-state index in [9.17, 15) is 14.4 Å². The Bertz CT molecular complexity index is 770. The Kier molecular flexibility index (Phi) is 5.30. The van der Waals surface area contributed by atoms with Gasteiger partial charge in [0.2, 0.25) is 0 Å². The molecule has 172 valence electrons. The van der Waals surface area contributed by atoms with Crippen molar-refractivity contribution in [2.24, 2.45) is 35.0 Å². The third-order valence-corrected chi connectivity index (χ3v) is 7.29. The summed E-state index contributed by atoms with van der Waals surface area (Å²) >= 11 is 0. The quantitative estimate of drug-likeness (QED) is 0.287. The fraction of sp³-hybridized carbons (Fsp3) is 0.800. The first-order chi connectivity index (χ1) is 14.3. The number of ether oxygens (including phenoxy) is 3. The highest BCUT2D eigenvalue weighted by atomic mass is 16.6. The number of allylic oxidation sites excluding steroid dienone is 2. The Morgan fingerprint density at radius 3 is 1.87 bits per heavy atom. The summed E-state index contributed by atoms with van der Waals surface area (Å²) in [6.07, 6.45) is 7.55. The van der Waals surface area contributed by atoms with Crippen LogP contribution >= 0.6 is 0 Å². The average molecular weight is 433 g/mol. The number of fused-ring (bicyclic) bond motifs is 4. The van der Waals surface area contributed by atoms with E-state index in [4.69, 9.17) is 14.2 Å². The van der Waals surface area contributed by atoms with Crippen LogP contribution < -0.4 is 0 Å². The molecule has 6 heteroatoms. The Labute approximate surface area is 185 Å². The van der Waals surface area contributed by atoms with Crippen LogP contribution in [0.15, 0.2) is 12.2 Å². The van der Waals surface area contributed by atoms with Crippen molar-refractivity contribution in [3.8, 4) is 0 Å². The number of rotatable bonds is 4. The maximum absolute atomic E-state index is 13.3. The Hall–Kier alpha value is -1.85. The van der Waals surface area contributed by atoms with Crippen molar-refractivity contribution in [2.75, 3.05) is 0 Å². The number of hydrogen-bond donors (Lipinski definition) is 0. The van der Waals surface area contributed by atoms with Gasteiger partial charge in [-0.05, 0) is 97.3 Å². The van der Waals surface area contributed by atoms with Crippen LogP contribution in [0.5, 0.6) is 0 Å². The zero-order valence-corrected chi connectivity index (χ0v) is 19.6. The van der Waals surface area contributed by atoms with E-state index in [-0.39, 0.29) is 29.8 Å². The molecular weight excluding hydrogens is 396 g/mol. The van der Waals surface area contributed by atoms with E-state index in [1.54, 1.807) is 41.5 Å². The molecule has 0 amide bonds. The molecule has 6 nitrogen and oxygen atoms in total. The van der Waals surface area contributed by atoms with Gasteiger partial charge in [-0.3, -0.25) is 14.4 Å². The third-order valence-electron chi connectivity index (χ3n) is 7.29. The summed E-state index contributed by atoms with van der Waals surface area (Å²) in [7, 11) is 0. The van der Waals surface area contributed by atoms with Gasteiger partial charge in [0.05, 0.1) is 5.92 Å². The molecule has 3 saturated carbocycles. The second-order valence-electron chi connectivity index (χ2n) is 12.0. The second-order valence-corrected chi connectivity index (χ2v) is 12.0. The molecule has 0 aromatic rings. The van der Waals surface area contributed by atoms with Gasteiger partial charge in [-0.2, -0.15) is 0 Å². The summed E-state index contributed by atoms with van der Waals surface area (Å²) < 4.78 is 17.3. The maximum Gasteiger partial charge on any atom is 0.324 e. The Morgan fingerprint density at radius 1 is 0.839 bits per heavy atom. The highest BCUT2D eigenvalue weighted by Gasteiger charge is 2.66. The summed E-state index contributed by atoms with van der Waals surface area (Å²) in [4.78, 5) is 39.4. The van der Waals surface area contributed by atoms with Crippen molar-refractivity contribution >= 4 is 17.9 Å². The molecule has 0 radical (unpaired) electrons.